The second-order valence-electron chi connectivity index (χ2n) is 7.81. The number of hydrogen-bond donors (Lipinski definition) is 1. The van der Waals surface area contributed by atoms with Crippen molar-refractivity contribution in [2.45, 2.75) is 39.2 Å². The van der Waals surface area contributed by atoms with Crippen LogP contribution in [0.1, 0.15) is 11.4 Å². The van der Waals surface area contributed by atoms with Gasteiger partial charge in [0.2, 0.25) is 0 Å². The maximum absolute atomic E-state index is 11.5. The molecule has 9 heteroatoms. The van der Waals surface area contributed by atoms with Gasteiger partial charge in [-0.1, -0.05) is 30.8 Å². The number of benzene rings is 2. The number of nitrogens with two attached hydrogens (primary N) is 1. The van der Waals surface area contributed by atoms with Gasteiger partial charge in [-0.05, 0) is 36.7 Å². The monoisotopic (exact) mass is 461 g/mol. The Morgan fingerprint density at radius 2 is 2.00 bits per heavy atom. The third-order valence-corrected chi connectivity index (χ3v) is 6.61. The lowest BCUT2D eigenvalue weighted by Crippen LogP contribution is -2.09. The first-order valence-electron chi connectivity index (χ1n) is 10.2. The Labute approximate surface area is 188 Å². The number of aromatic nitrogens is 2. The summed E-state index contributed by atoms with van der Waals surface area (Å²) >= 11 is 6.37. The highest BCUT2D eigenvalue weighted by atomic mass is 35.5. The van der Waals surface area contributed by atoms with E-state index < -0.39 is 8.80 Å². The quantitative estimate of drug-likeness (QED) is 0.217. The predicted molar refractivity (Wildman–Crippen MR) is 126 cm³/mol. The molecule has 0 bridgehead atoms. The first kappa shape index (κ1) is 23.1. The molecule has 0 saturated carbocycles. The topological polar surface area (TPSA) is 88.6 Å². The van der Waals surface area contributed by atoms with Crippen molar-refractivity contribution in [3.05, 3.63) is 46.7 Å². The maximum atomic E-state index is 11.5. The molecule has 166 valence electrons. The van der Waals surface area contributed by atoms with Gasteiger partial charge in [0, 0.05) is 21.5 Å². The summed E-state index contributed by atoms with van der Waals surface area (Å²) in [5.74, 6) is 1.44. The molecular formula is C22H28ClN3O4Si. The Hall–Kier alpha value is -2.55. The van der Waals surface area contributed by atoms with Gasteiger partial charge in [-0.15, -0.1) is 0 Å². The summed E-state index contributed by atoms with van der Waals surface area (Å²) in [6.45, 7) is 7.72. The van der Waals surface area contributed by atoms with Crippen LogP contribution in [0.5, 0.6) is 11.5 Å². The van der Waals surface area contributed by atoms with Gasteiger partial charge in [0.05, 0.1) is 35.3 Å². The van der Waals surface area contributed by atoms with Crippen LogP contribution in [0.2, 0.25) is 24.2 Å². The zero-order valence-electron chi connectivity index (χ0n) is 18.3. The van der Waals surface area contributed by atoms with E-state index in [1.54, 1.807) is 24.3 Å². The average Bonchev–Trinajstić information content (AvgIpc) is 3.01. The molecule has 2 aromatic carbocycles. The minimum absolute atomic E-state index is 0.141. The second kappa shape index (κ2) is 10.2. The molecule has 0 saturated heterocycles. The number of nitrogens with zero attached hydrogens (tertiary/aromatic N) is 2. The molecule has 2 N–H and O–H groups in total. The largest absolute Gasteiger partial charge is 0.469 e. The molecule has 3 rings (SSSR count). The SMILES string of the molecule is COC(=O)Cc1ccc(Oc2cc3c(cc2N)nc(C)n3COCC[SiH](C)C)c(Cl)c1. The summed E-state index contributed by atoms with van der Waals surface area (Å²) in [7, 11) is 0.710. The van der Waals surface area contributed by atoms with Gasteiger partial charge in [-0.25, -0.2) is 4.98 Å². The molecule has 0 aliphatic carbocycles. The Balaban J connectivity index is 1.83. The number of aryl methyl sites for hydroxylation is 1. The van der Waals surface area contributed by atoms with E-state index in [0.717, 1.165) is 35.1 Å². The summed E-state index contributed by atoms with van der Waals surface area (Å²) < 4.78 is 18.6. The number of esters is 1. The van der Waals surface area contributed by atoms with Crippen molar-refractivity contribution in [3.63, 3.8) is 0 Å². The number of carbonyl (C=O) groups excluding carboxylic acids is 1. The Kier molecular flexibility index (Phi) is 7.58. The van der Waals surface area contributed by atoms with E-state index in [1.165, 1.54) is 7.11 Å². The van der Waals surface area contributed by atoms with Crippen molar-refractivity contribution in [2.75, 3.05) is 19.5 Å². The van der Waals surface area contributed by atoms with Crippen molar-refractivity contribution in [1.82, 2.24) is 9.55 Å². The lowest BCUT2D eigenvalue weighted by molar-refractivity contribution is -0.139. The molecule has 0 amide bonds. The third kappa shape index (κ3) is 5.78. The summed E-state index contributed by atoms with van der Waals surface area (Å²) in [6, 6.07) is 9.94. The lowest BCUT2D eigenvalue weighted by atomic mass is 10.1. The van der Waals surface area contributed by atoms with Crippen LogP contribution in [0, 0.1) is 6.92 Å². The molecule has 1 heterocycles. The third-order valence-electron chi connectivity index (χ3n) is 4.92. The van der Waals surface area contributed by atoms with E-state index in [1.807, 2.05) is 17.6 Å². The summed E-state index contributed by atoms with van der Waals surface area (Å²) in [5.41, 5.74) is 9.06. The van der Waals surface area contributed by atoms with E-state index in [9.17, 15) is 4.79 Å². The van der Waals surface area contributed by atoms with Gasteiger partial charge >= 0.3 is 5.97 Å². The average molecular weight is 462 g/mol. The number of anilines is 1. The van der Waals surface area contributed by atoms with Crippen molar-refractivity contribution in [3.8, 4) is 11.5 Å². The van der Waals surface area contributed by atoms with E-state index in [-0.39, 0.29) is 12.4 Å². The fraction of sp³-hybridized carbons (Fsp3) is 0.364. The van der Waals surface area contributed by atoms with E-state index in [2.05, 4.69) is 22.8 Å². The molecule has 0 atom stereocenters. The lowest BCUT2D eigenvalue weighted by Gasteiger charge is -2.13. The van der Waals surface area contributed by atoms with Crippen molar-refractivity contribution >= 4 is 43.1 Å². The number of imidazole rings is 1. The van der Waals surface area contributed by atoms with E-state index in [0.29, 0.717) is 28.9 Å². The molecule has 0 fully saturated rings. The van der Waals surface area contributed by atoms with E-state index >= 15 is 0 Å². The van der Waals surface area contributed by atoms with Crippen LogP contribution in [0.25, 0.3) is 11.0 Å². The van der Waals surface area contributed by atoms with Crippen molar-refractivity contribution in [1.29, 1.82) is 0 Å². The Morgan fingerprint density at radius 1 is 1.23 bits per heavy atom. The highest BCUT2D eigenvalue weighted by Crippen LogP contribution is 2.36. The Morgan fingerprint density at radius 3 is 2.68 bits per heavy atom. The van der Waals surface area contributed by atoms with Gasteiger partial charge < -0.3 is 24.5 Å². The molecule has 0 spiro atoms. The maximum Gasteiger partial charge on any atom is 0.309 e. The van der Waals surface area contributed by atoms with Crippen LogP contribution < -0.4 is 10.5 Å². The minimum atomic E-state index is -0.641. The smallest absolute Gasteiger partial charge is 0.309 e. The zero-order chi connectivity index (χ0) is 22.5. The van der Waals surface area contributed by atoms with Crippen molar-refractivity contribution in [2.24, 2.45) is 0 Å². The van der Waals surface area contributed by atoms with E-state index in [4.69, 9.17) is 26.8 Å². The number of carbonyl (C=O) groups is 1. The van der Waals surface area contributed by atoms with Crippen LogP contribution in [0.3, 0.4) is 0 Å². The number of halogens is 1. The van der Waals surface area contributed by atoms with Crippen LogP contribution in [-0.4, -0.2) is 38.0 Å². The molecule has 0 radical (unpaired) electrons. The summed E-state index contributed by atoms with van der Waals surface area (Å²) in [5, 5.41) is 0.381. The number of nitrogen functional groups attached to an aromatic ring is 1. The first-order valence-corrected chi connectivity index (χ1v) is 13.7. The van der Waals surface area contributed by atoms with Gasteiger partial charge in [-0.2, -0.15) is 0 Å². The van der Waals surface area contributed by atoms with Gasteiger partial charge in [0.25, 0.3) is 0 Å². The number of hydrogen-bond acceptors (Lipinski definition) is 6. The normalized spacial score (nSPS) is 11.3. The van der Waals surface area contributed by atoms with Crippen molar-refractivity contribution < 1.29 is 19.0 Å². The highest BCUT2D eigenvalue weighted by Gasteiger charge is 2.14. The predicted octanol–water partition coefficient (Wildman–Crippen LogP) is 4.55. The minimum Gasteiger partial charge on any atom is -0.469 e. The second-order valence-corrected chi connectivity index (χ2v) is 11.6. The number of methoxy groups -OCH3 is 1. The molecule has 0 aliphatic rings. The van der Waals surface area contributed by atoms with Crippen LogP contribution >= 0.6 is 11.6 Å². The first-order chi connectivity index (χ1) is 14.8. The van der Waals surface area contributed by atoms with Gasteiger partial charge in [0.1, 0.15) is 18.3 Å². The van der Waals surface area contributed by atoms with Gasteiger partial charge in [-0.3, -0.25) is 4.79 Å². The summed E-state index contributed by atoms with van der Waals surface area (Å²) in [4.78, 5) is 16.1. The fourth-order valence-corrected chi connectivity index (χ4v) is 3.99. The summed E-state index contributed by atoms with van der Waals surface area (Å²) in [6.07, 6.45) is 0.141. The number of fused-ring (bicyclic) bond motifs is 1. The molecule has 31 heavy (non-hydrogen) atoms. The van der Waals surface area contributed by atoms with Crippen LogP contribution in [0.15, 0.2) is 30.3 Å². The molecule has 0 unspecified atom stereocenters. The fourth-order valence-electron chi connectivity index (χ4n) is 3.11. The Bertz CT molecular complexity index is 1080. The molecule has 0 aliphatic heterocycles. The molecule has 3 aromatic rings. The molecule has 1 aromatic heterocycles. The standard InChI is InChI=1S/C22H28ClN3O4Si/c1-14-25-18-11-17(24)21(12-19(18)26(14)13-29-7-8-31(3)4)30-20-6-5-15(9-16(20)23)10-22(27)28-2/h5-6,9,11-12,31H,7-8,10,13,24H2,1-4H3. The number of ether oxygens (including phenoxy) is 3. The highest BCUT2D eigenvalue weighted by molar-refractivity contribution is 6.55. The number of rotatable bonds is 9. The molecule has 7 nitrogen and oxygen atoms in total. The van der Waals surface area contributed by atoms with Gasteiger partial charge in [0.15, 0.2) is 5.75 Å². The van der Waals surface area contributed by atoms with Crippen LogP contribution in [-0.2, 0) is 27.4 Å². The molecular weight excluding hydrogens is 434 g/mol. The van der Waals surface area contributed by atoms with Crippen LogP contribution in [0.4, 0.5) is 5.69 Å². The zero-order valence-corrected chi connectivity index (χ0v) is 20.2.